The van der Waals surface area contributed by atoms with Crippen LogP contribution in [0.25, 0.3) is 10.2 Å². The van der Waals surface area contributed by atoms with E-state index in [1.165, 1.54) is 33.8 Å². The Morgan fingerprint density at radius 1 is 1.08 bits per heavy atom. The molecule has 0 saturated carbocycles. The zero-order valence-corrected chi connectivity index (χ0v) is 22.5. The summed E-state index contributed by atoms with van der Waals surface area (Å²) in [6.45, 7) is 2.56. The first-order valence-corrected chi connectivity index (χ1v) is 14.5. The van der Waals surface area contributed by atoms with Gasteiger partial charge in [-0.3, -0.25) is 9.69 Å². The van der Waals surface area contributed by atoms with Gasteiger partial charge in [0.05, 0.1) is 21.8 Å². The SMILES string of the molecule is Cc1ccc(Cl)c2sc(N(Cc3ccccc3)C(=O)C3CCN(S(=O)(=O)c4ccccc4F)CC3)nc12. The molecule has 37 heavy (non-hydrogen) atoms. The van der Waals surface area contributed by atoms with E-state index in [1.54, 1.807) is 4.90 Å². The van der Waals surface area contributed by atoms with Crippen molar-refractivity contribution >= 4 is 54.2 Å². The molecule has 1 aliphatic heterocycles. The van der Waals surface area contributed by atoms with Crippen molar-refractivity contribution in [3.05, 3.63) is 88.7 Å². The van der Waals surface area contributed by atoms with E-state index >= 15 is 0 Å². The first-order valence-electron chi connectivity index (χ1n) is 11.9. The second-order valence-corrected chi connectivity index (χ2v) is 12.3. The molecule has 10 heteroatoms. The average molecular weight is 558 g/mol. The number of hydrogen-bond acceptors (Lipinski definition) is 5. The predicted octanol–water partition coefficient (Wildman–Crippen LogP) is 6.03. The van der Waals surface area contributed by atoms with Gasteiger partial charge in [0, 0.05) is 19.0 Å². The zero-order chi connectivity index (χ0) is 26.2. The van der Waals surface area contributed by atoms with Crippen LogP contribution in [0.4, 0.5) is 9.52 Å². The van der Waals surface area contributed by atoms with Crippen molar-refractivity contribution in [1.29, 1.82) is 0 Å². The number of nitrogens with zero attached hydrogens (tertiary/aromatic N) is 3. The largest absolute Gasteiger partial charge is 0.283 e. The first-order chi connectivity index (χ1) is 17.8. The van der Waals surface area contributed by atoms with Crippen molar-refractivity contribution in [2.75, 3.05) is 18.0 Å². The first kappa shape index (κ1) is 25.8. The van der Waals surface area contributed by atoms with Crippen LogP contribution >= 0.6 is 22.9 Å². The lowest BCUT2D eigenvalue weighted by Gasteiger charge is -2.33. The molecule has 1 amide bonds. The van der Waals surface area contributed by atoms with Gasteiger partial charge in [-0.25, -0.2) is 17.8 Å². The summed E-state index contributed by atoms with van der Waals surface area (Å²) in [6, 6.07) is 18.8. The molecule has 3 aromatic carbocycles. The molecule has 0 radical (unpaired) electrons. The number of halogens is 2. The van der Waals surface area contributed by atoms with Crippen LogP contribution in [0.2, 0.25) is 5.02 Å². The third-order valence-electron chi connectivity index (χ3n) is 6.62. The summed E-state index contributed by atoms with van der Waals surface area (Å²) in [5.41, 5.74) is 2.70. The monoisotopic (exact) mass is 557 g/mol. The summed E-state index contributed by atoms with van der Waals surface area (Å²) in [5.74, 6) is -1.28. The molecule has 5 rings (SSSR count). The maximum Gasteiger partial charge on any atom is 0.245 e. The lowest BCUT2D eigenvalue weighted by atomic mass is 9.96. The van der Waals surface area contributed by atoms with Crippen LogP contribution < -0.4 is 4.90 Å². The number of carbonyl (C=O) groups is 1. The molecule has 1 aromatic heterocycles. The molecule has 1 saturated heterocycles. The molecule has 0 unspecified atom stereocenters. The van der Waals surface area contributed by atoms with Gasteiger partial charge in [0.1, 0.15) is 10.7 Å². The van der Waals surface area contributed by atoms with Gasteiger partial charge in [-0.2, -0.15) is 4.31 Å². The Labute approximate surface area is 224 Å². The van der Waals surface area contributed by atoms with Crippen LogP contribution in [0.15, 0.2) is 71.6 Å². The number of benzene rings is 3. The minimum Gasteiger partial charge on any atom is -0.283 e. The van der Waals surface area contributed by atoms with Gasteiger partial charge in [-0.15, -0.1) is 0 Å². The summed E-state index contributed by atoms with van der Waals surface area (Å²) in [4.78, 5) is 20.0. The van der Waals surface area contributed by atoms with Gasteiger partial charge in [-0.05, 0) is 49.1 Å². The highest BCUT2D eigenvalue weighted by atomic mass is 35.5. The van der Waals surface area contributed by atoms with E-state index in [9.17, 15) is 17.6 Å². The summed E-state index contributed by atoms with van der Waals surface area (Å²) >= 11 is 7.81. The Morgan fingerprint density at radius 2 is 1.76 bits per heavy atom. The molecule has 0 atom stereocenters. The van der Waals surface area contributed by atoms with E-state index in [0.717, 1.165) is 27.4 Å². The van der Waals surface area contributed by atoms with Gasteiger partial charge < -0.3 is 0 Å². The predicted molar refractivity (Wildman–Crippen MR) is 145 cm³/mol. The maximum atomic E-state index is 14.2. The number of thiazole rings is 1. The Hall–Kier alpha value is -2.85. The third-order valence-corrected chi connectivity index (χ3v) is 10.1. The fourth-order valence-corrected chi connectivity index (χ4v) is 7.42. The fourth-order valence-electron chi connectivity index (χ4n) is 4.57. The number of piperidine rings is 1. The second-order valence-electron chi connectivity index (χ2n) is 9.06. The fraction of sp³-hybridized carbons (Fsp3) is 0.259. The Balaban J connectivity index is 1.40. The number of anilines is 1. The normalized spacial score (nSPS) is 15.2. The van der Waals surface area contributed by atoms with E-state index in [4.69, 9.17) is 16.6 Å². The molecule has 0 N–H and O–H groups in total. The zero-order valence-electron chi connectivity index (χ0n) is 20.1. The minimum absolute atomic E-state index is 0.111. The van der Waals surface area contributed by atoms with Gasteiger partial charge in [-0.1, -0.05) is 71.5 Å². The molecule has 4 aromatic rings. The third kappa shape index (κ3) is 5.13. The van der Waals surface area contributed by atoms with Gasteiger partial charge in [0.2, 0.25) is 15.9 Å². The van der Waals surface area contributed by atoms with E-state index in [2.05, 4.69) is 0 Å². The number of hydrogen-bond donors (Lipinski definition) is 0. The minimum atomic E-state index is -3.98. The van der Waals surface area contributed by atoms with Crippen LogP contribution in [-0.2, 0) is 21.4 Å². The van der Waals surface area contributed by atoms with Gasteiger partial charge in [0.15, 0.2) is 5.13 Å². The highest BCUT2D eigenvalue weighted by molar-refractivity contribution is 7.89. The molecule has 6 nitrogen and oxygen atoms in total. The molecular formula is C27H25ClFN3O3S2. The van der Waals surface area contributed by atoms with Crippen LogP contribution in [0, 0.1) is 18.7 Å². The molecule has 1 fully saturated rings. The number of rotatable bonds is 6. The topological polar surface area (TPSA) is 70.6 Å². The van der Waals surface area contributed by atoms with Crippen LogP contribution in [0.3, 0.4) is 0 Å². The van der Waals surface area contributed by atoms with E-state index < -0.39 is 15.8 Å². The molecule has 2 heterocycles. The van der Waals surface area contributed by atoms with Crippen LogP contribution in [-0.4, -0.2) is 36.7 Å². The Kier molecular flexibility index (Phi) is 7.31. The highest BCUT2D eigenvalue weighted by Gasteiger charge is 2.36. The summed E-state index contributed by atoms with van der Waals surface area (Å²) < 4.78 is 42.3. The molecule has 0 aliphatic carbocycles. The molecule has 192 valence electrons. The van der Waals surface area contributed by atoms with Crippen molar-refractivity contribution in [2.45, 2.75) is 31.2 Å². The Bertz CT molecular complexity index is 1510. The summed E-state index contributed by atoms with van der Waals surface area (Å²) in [5, 5.41) is 1.14. The number of sulfonamides is 1. The standard InChI is InChI=1S/C27H25ClFN3O3S2/c1-18-11-12-21(28)25-24(18)30-27(36-25)32(17-19-7-3-2-4-8-19)26(33)20-13-15-31(16-14-20)37(34,35)23-10-6-5-9-22(23)29/h2-12,20H,13-17H2,1H3. The molecular weight excluding hydrogens is 533 g/mol. The molecule has 1 aliphatic rings. The van der Waals surface area contributed by atoms with E-state index in [0.29, 0.717) is 29.5 Å². The van der Waals surface area contributed by atoms with Crippen molar-refractivity contribution in [2.24, 2.45) is 5.92 Å². The smallest absolute Gasteiger partial charge is 0.245 e. The molecule has 0 spiro atoms. The maximum absolute atomic E-state index is 14.2. The number of fused-ring (bicyclic) bond motifs is 1. The highest BCUT2D eigenvalue weighted by Crippen LogP contribution is 2.37. The van der Waals surface area contributed by atoms with Crippen LogP contribution in [0.5, 0.6) is 0 Å². The number of aryl methyl sites for hydroxylation is 1. The van der Waals surface area contributed by atoms with Crippen molar-refractivity contribution in [3.8, 4) is 0 Å². The Morgan fingerprint density at radius 3 is 2.43 bits per heavy atom. The molecule has 0 bridgehead atoms. The van der Waals surface area contributed by atoms with E-state index in [1.807, 2.05) is 49.4 Å². The van der Waals surface area contributed by atoms with Crippen molar-refractivity contribution in [3.63, 3.8) is 0 Å². The lowest BCUT2D eigenvalue weighted by Crippen LogP contribution is -2.44. The van der Waals surface area contributed by atoms with Gasteiger partial charge in [0.25, 0.3) is 0 Å². The second kappa shape index (κ2) is 10.5. The number of amides is 1. The summed E-state index contributed by atoms with van der Waals surface area (Å²) in [6.07, 6.45) is 0.672. The van der Waals surface area contributed by atoms with Crippen LogP contribution in [0.1, 0.15) is 24.0 Å². The quantitative estimate of drug-likeness (QED) is 0.290. The lowest BCUT2D eigenvalue weighted by molar-refractivity contribution is -0.123. The van der Waals surface area contributed by atoms with Crippen molar-refractivity contribution < 1.29 is 17.6 Å². The van der Waals surface area contributed by atoms with E-state index in [-0.39, 0.29) is 29.8 Å². The summed E-state index contributed by atoms with van der Waals surface area (Å²) in [7, 11) is -3.98. The number of aromatic nitrogens is 1. The number of carbonyl (C=O) groups excluding carboxylic acids is 1. The van der Waals surface area contributed by atoms with Crippen molar-refractivity contribution in [1.82, 2.24) is 9.29 Å². The average Bonchev–Trinajstić information content (AvgIpc) is 3.37. The van der Waals surface area contributed by atoms with Gasteiger partial charge >= 0.3 is 0 Å².